The Hall–Kier alpha value is -0.770. The van der Waals surface area contributed by atoms with Crippen LogP contribution in [-0.2, 0) is 4.74 Å². The van der Waals surface area contributed by atoms with Crippen LogP contribution in [0.1, 0.15) is 25.3 Å². The Labute approximate surface area is 113 Å². The first kappa shape index (κ1) is 13.7. The normalized spacial score (nSPS) is 19.1. The average Bonchev–Trinajstić information content (AvgIpc) is 2.34. The predicted molar refractivity (Wildman–Crippen MR) is 71.4 cm³/mol. The molecule has 18 heavy (non-hydrogen) atoms. The lowest BCUT2D eigenvalue weighted by Crippen LogP contribution is -2.44. The van der Waals surface area contributed by atoms with Gasteiger partial charge in [-0.3, -0.25) is 0 Å². The van der Waals surface area contributed by atoms with E-state index in [1.165, 1.54) is 0 Å². The molecule has 1 fully saturated rings. The van der Waals surface area contributed by atoms with E-state index in [2.05, 4.69) is 6.92 Å². The molecule has 1 aromatic carbocycles. The van der Waals surface area contributed by atoms with Crippen LogP contribution in [-0.4, -0.2) is 31.5 Å². The van der Waals surface area contributed by atoms with Gasteiger partial charge in [0.25, 0.3) is 0 Å². The second-order valence-electron chi connectivity index (χ2n) is 5.37. The van der Waals surface area contributed by atoms with Crippen LogP contribution < -0.4 is 4.74 Å². The lowest BCUT2D eigenvalue weighted by Gasteiger charge is -2.37. The van der Waals surface area contributed by atoms with E-state index in [-0.39, 0.29) is 17.9 Å². The van der Waals surface area contributed by atoms with Gasteiger partial charge in [0.15, 0.2) is 0 Å². The molecule has 0 amide bonds. The Kier molecular flexibility index (Phi) is 4.15. The molecule has 0 radical (unpaired) electrons. The Morgan fingerprint density at radius 1 is 1.50 bits per heavy atom. The molecule has 0 aromatic heterocycles. The van der Waals surface area contributed by atoms with E-state index in [0.29, 0.717) is 17.4 Å². The van der Waals surface area contributed by atoms with Gasteiger partial charge in [0, 0.05) is 17.9 Å². The molecule has 1 aliphatic rings. The molecule has 1 saturated heterocycles. The smallest absolute Gasteiger partial charge is 0.137 e. The fourth-order valence-electron chi connectivity index (χ4n) is 1.83. The predicted octanol–water partition coefficient (Wildman–Crippen LogP) is 2.85. The largest absolute Gasteiger partial charge is 0.491 e. The third kappa shape index (κ3) is 2.97. The summed E-state index contributed by atoms with van der Waals surface area (Å²) in [4.78, 5) is 0. The van der Waals surface area contributed by atoms with Crippen LogP contribution in [0, 0.1) is 5.41 Å². The summed E-state index contributed by atoms with van der Waals surface area (Å²) in [6, 6.07) is 5.67. The van der Waals surface area contributed by atoms with Crippen molar-refractivity contribution in [2.45, 2.75) is 19.8 Å². The molecule has 1 aliphatic heterocycles. The Morgan fingerprint density at radius 3 is 2.72 bits per heavy atom. The van der Waals surface area contributed by atoms with Crippen LogP contribution in [0.15, 0.2) is 18.2 Å². The molecule has 0 saturated carbocycles. The van der Waals surface area contributed by atoms with E-state index >= 15 is 0 Å². The van der Waals surface area contributed by atoms with E-state index in [1.807, 2.05) is 25.1 Å². The topological polar surface area (TPSA) is 38.7 Å². The average molecular weight is 271 g/mol. The maximum absolute atomic E-state index is 9.11. The van der Waals surface area contributed by atoms with Gasteiger partial charge < -0.3 is 14.6 Å². The summed E-state index contributed by atoms with van der Waals surface area (Å²) in [6.07, 6.45) is 0. The van der Waals surface area contributed by atoms with Gasteiger partial charge in [-0.25, -0.2) is 0 Å². The highest BCUT2D eigenvalue weighted by Crippen LogP contribution is 2.32. The molecule has 1 N–H and O–H groups in total. The highest BCUT2D eigenvalue weighted by molar-refractivity contribution is 6.32. The van der Waals surface area contributed by atoms with Crippen LogP contribution in [0.2, 0.25) is 5.02 Å². The number of ether oxygens (including phenoxy) is 2. The zero-order chi connectivity index (χ0) is 13.2. The minimum Gasteiger partial charge on any atom is -0.491 e. The lowest BCUT2D eigenvalue weighted by molar-refractivity contribution is -0.120. The van der Waals surface area contributed by atoms with Crippen molar-refractivity contribution in [3.8, 4) is 5.75 Å². The molecule has 4 heteroatoms. The summed E-state index contributed by atoms with van der Waals surface area (Å²) < 4.78 is 10.9. The number of halogens is 1. The van der Waals surface area contributed by atoms with Gasteiger partial charge >= 0.3 is 0 Å². The van der Waals surface area contributed by atoms with Crippen LogP contribution >= 0.6 is 11.6 Å². The lowest BCUT2D eigenvalue weighted by atomic mass is 9.90. The molecule has 1 heterocycles. The summed E-state index contributed by atoms with van der Waals surface area (Å²) in [5, 5.41) is 9.70. The number of rotatable bonds is 5. The van der Waals surface area contributed by atoms with Gasteiger partial charge in [0.1, 0.15) is 5.75 Å². The Bertz CT molecular complexity index is 416. The molecule has 3 nitrogen and oxygen atoms in total. The standard InChI is InChI=1S/C14H19ClO3/c1-10(6-16)11-3-4-13(12(15)5-11)18-9-14(2)7-17-8-14/h3-5,10,16H,6-9H2,1-2H3. The highest BCUT2D eigenvalue weighted by atomic mass is 35.5. The van der Waals surface area contributed by atoms with Crippen LogP contribution in [0.5, 0.6) is 5.75 Å². The second-order valence-corrected chi connectivity index (χ2v) is 5.77. The van der Waals surface area contributed by atoms with E-state index in [4.69, 9.17) is 26.2 Å². The van der Waals surface area contributed by atoms with Crippen molar-refractivity contribution in [1.29, 1.82) is 0 Å². The maximum Gasteiger partial charge on any atom is 0.137 e. The van der Waals surface area contributed by atoms with E-state index in [0.717, 1.165) is 18.8 Å². The van der Waals surface area contributed by atoms with Gasteiger partial charge in [-0.15, -0.1) is 0 Å². The SMILES string of the molecule is CC(CO)c1ccc(OCC2(C)COC2)c(Cl)c1. The zero-order valence-electron chi connectivity index (χ0n) is 10.8. The summed E-state index contributed by atoms with van der Waals surface area (Å²) >= 11 is 6.18. The molecule has 100 valence electrons. The van der Waals surface area contributed by atoms with Crippen molar-refractivity contribution in [3.05, 3.63) is 28.8 Å². The van der Waals surface area contributed by atoms with E-state index in [1.54, 1.807) is 0 Å². The molecule has 1 atom stereocenters. The van der Waals surface area contributed by atoms with Gasteiger partial charge in [-0.1, -0.05) is 31.5 Å². The van der Waals surface area contributed by atoms with Crippen molar-refractivity contribution in [2.75, 3.05) is 26.4 Å². The molecule has 1 unspecified atom stereocenters. The van der Waals surface area contributed by atoms with Crippen molar-refractivity contribution >= 4 is 11.6 Å². The molecule has 1 aromatic rings. The highest BCUT2D eigenvalue weighted by Gasteiger charge is 2.34. The van der Waals surface area contributed by atoms with Gasteiger partial charge in [0.05, 0.1) is 24.8 Å². The first-order valence-electron chi connectivity index (χ1n) is 6.15. The molecule has 0 bridgehead atoms. The molecule has 0 aliphatic carbocycles. The monoisotopic (exact) mass is 270 g/mol. The fraction of sp³-hybridized carbons (Fsp3) is 0.571. The third-order valence-electron chi connectivity index (χ3n) is 3.28. The number of benzene rings is 1. The van der Waals surface area contributed by atoms with Crippen molar-refractivity contribution in [2.24, 2.45) is 5.41 Å². The molecular formula is C14H19ClO3. The first-order valence-corrected chi connectivity index (χ1v) is 6.53. The third-order valence-corrected chi connectivity index (χ3v) is 3.57. The van der Waals surface area contributed by atoms with Crippen LogP contribution in [0.25, 0.3) is 0 Å². The zero-order valence-corrected chi connectivity index (χ0v) is 11.5. The molecular weight excluding hydrogens is 252 g/mol. The summed E-state index contributed by atoms with van der Waals surface area (Å²) in [6.45, 7) is 6.30. The molecule has 0 spiro atoms. The maximum atomic E-state index is 9.11. The fourth-order valence-corrected chi connectivity index (χ4v) is 2.08. The van der Waals surface area contributed by atoms with Crippen molar-refractivity contribution in [1.82, 2.24) is 0 Å². The van der Waals surface area contributed by atoms with Crippen molar-refractivity contribution < 1.29 is 14.6 Å². The van der Waals surface area contributed by atoms with Gasteiger partial charge in [0.2, 0.25) is 0 Å². The number of hydrogen-bond acceptors (Lipinski definition) is 3. The Balaban J connectivity index is 2.01. The van der Waals surface area contributed by atoms with Crippen LogP contribution in [0.3, 0.4) is 0 Å². The summed E-state index contributed by atoms with van der Waals surface area (Å²) in [5.41, 5.74) is 1.13. The minimum atomic E-state index is 0.0918. The summed E-state index contributed by atoms with van der Waals surface area (Å²) in [7, 11) is 0. The van der Waals surface area contributed by atoms with Crippen LogP contribution in [0.4, 0.5) is 0 Å². The van der Waals surface area contributed by atoms with Gasteiger partial charge in [-0.2, -0.15) is 0 Å². The Morgan fingerprint density at radius 2 is 2.22 bits per heavy atom. The number of aliphatic hydroxyl groups is 1. The second kappa shape index (κ2) is 5.47. The van der Waals surface area contributed by atoms with E-state index in [9.17, 15) is 0 Å². The van der Waals surface area contributed by atoms with Gasteiger partial charge in [-0.05, 0) is 17.7 Å². The number of aliphatic hydroxyl groups excluding tert-OH is 1. The quantitative estimate of drug-likeness (QED) is 0.894. The molecule has 2 rings (SSSR count). The summed E-state index contributed by atoms with van der Waals surface area (Å²) in [5.74, 6) is 0.785. The number of hydrogen-bond donors (Lipinski definition) is 1. The first-order chi connectivity index (χ1) is 8.54. The minimum absolute atomic E-state index is 0.0918. The van der Waals surface area contributed by atoms with E-state index < -0.39 is 0 Å². The van der Waals surface area contributed by atoms with Crippen molar-refractivity contribution in [3.63, 3.8) is 0 Å².